The second kappa shape index (κ2) is 9.86. The van der Waals surface area contributed by atoms with Gasteiger partial charge in [-0.2, -0.15) is 0 Å². The lowest BCUT2D eigenvalue weighted by atomic mass is 9.94. The molecule has 6 heteroatoms. The highest BCUT2D eigenvalue weighted by atomic mass is 32.2. The number of hydrogen-bond acceptors (Lipinski definition) is 2. The fourth-order valence-electron chi connectivity index (χ4n) is 2.79. The molecule has 0 spiro atoms. The van der Waals surface area contributed by atoms with E-state index in [2.05, 4.69) is 58.0 Å². The van der Waals surface area contributed by atoms with Gasteiger partial charge in [-0.05, 0) is 66.5 Å². The highest BCUT2D eigenvalue weighted by Crippen LogP contribution is 2.32. The van der Waals surface area contributed by atoms with E-state index in [4.69, 9.17) is 0 Å². The molecule has 166 valence electrons. The molecule has 0 saturated heterocycles. The zero-order valence-electron chi connectivity index (χ0n) is 19.4. The average Bonchev–Trinajstić information content (AvgIpc) is 2.64. The summed E-state index contributed by atoms with van der Waals surface area (Å²) < 4.78 is 32.0. The van der Waals surface area contributed by atoms with Gasteiger partial charge in [0.25, 0.3) is 0 Å². The summed E-state index contributed by atoms with van der Waals surface area (Å²) in [6.07, 6.45) is 0. The fraction of sp³-hybridized carbons (Fsp3) is 0.500. The molecule has 30 heavy (non-hydrogen) atoms. The molecule has 2 rings (SSSR count). The first-order valence-corrected chi connectivity index (χ1v) is 12.6. The number of aryl methyl sites for hydroxylation is 2. The molecule has 0 aromatic heterocycles. The van der Waals surface area contributed by atoms with Crippen molar-refractivity contribution in [2.75, 3.05) is 0 Å². The monoisotopic (exact) mass is 448 g/mol. The Hall–Kier alpha value is -1.34. The molecular formula is C24H36N2O2S2. The molecule has 0 aliphatic carbocycles. The second-order valence-electron chi connectivity index (χ2n) is 9.77. The first-order chi connectivity index (χ1) is 13.8. The molecular weight excluding hydrogens is 412 g/mol. The first kappa shape index (κ1) is 24.9. The van der Waals surface area contributed by atoms with Crippen LogP contribution >= 0.6 is 0 Å². The molecule has 2 aromatic carbocycles. The van der Waals surface area contributed by atoms with Crippen LogP contribution in [0.3, 0.4) is 0 Å². The Morgan fingerprint density at radius 1 is 0.600 bits per heavy atom. The van der Waals surface area contributed by atoms with Crippen LogP contribution in [-0.4, -0.2) is 17.9 Å². The normalized spacial score (nSPS) is 16.7. The molecule has 0 amide bonds. The SMILES string of the molecule is Cc1ccc([C@H](NS(=O)C(C)(C)C)[C@@H](NS(=O)C(C)(C)C)c2ccc(C)cc2)cc1. The molecule has 0 radical (unpaired) electrons. The highest BCUT2D eigenvalue weighted by Gasteiger charge is 2.33. The molecule has 4 nitrogen and oxygen atoms in total. The molecule has 0 fully saturated rings. The maximum Gasteiger partial charge on any atom is 0.0976 e. The van der Waals surface area contributed by atoms with Crippen molar-refractivity contribution in [1.29, 1.82) is 0 Å². The Bertz CT molecular complexity index is 804. The Morgan fingerprint density at radius 2 is 0.867 bits per heavy atom. The minimum atomic E-state index is -1.30. The predicted octanol–water partition coefficient (Wildman–Crippen LogP) is 5.19. The molecule has 0 aliphatic rings. The summed E-state index contributed by atoms with van der Waals surface area (Å²) in [6, 6.07) is 15.8. The minimum Gasteiger partial charge on any atom is -0.242 e. The lowest BCUT2D eigenvalue weighted by Gasteiger charge is -2.33. The van der Waals surface area contributed by atoms with Gasteiger partial charge in [0.15, 0.2) is 0 Å². The van der Waals surface area contributed by atoms with Crippen LogP contribution in [0.1, 0.15) is 75.9 Å². The average molecular weight is 449 g/mol. The summed E-state index contributed by atoms with van der Waals surface area (Å²) >= 11 is 0. The summed E-state index contributed by atoms with van der Waals surface area (Å²) in [6.45, 7) is 15.8. The lowest BCUT2D eigenvalue weighted by Crippen LogP contribution is -2.44. The van der Waals surface area contributed by atoms with Crippen LogP contribution in [0.5, 0.6) is 0 Å². The van der Waals surface area contributed by atoms with E-state index in [1.807, 2.05) is 55.4 Å². The van der Waals surface area contributed by atoms with Crippen LogP contribution in [0.4, 0.5) is 0 Å². The smallest absolute Gasteiger partial charge is 0.0976 e. The third-order valence-electron chi connectivity index (χ3n) is 4.79. The van der Waals surface area contributed by atoms with E-state index in [0.717, 1.165) is 22.3 Å². The van der Waals surface area contributed by atoms with Gasteiger partial charge in [-0.3, -0.25) is 0 Å². The molecule has 0 aliphatic heterocycles. The van der Waals surface area contributed by atoms with E-state index in [0.29, 0.717) is 0 Å². The van der Waals surface area contributed by atoms with Crippen LogP contribution < -0.4 is 9.44 Å². The summed E-state index contributed by atoms with van der Waals surface area (Å²) in [5.74, 6) is 0. The van der Waals surface area contributed by atoms with E-state index in [1.54, 1.807) is 0 Å². The van der Waals surface area contributed by atoms with Gasteiger partial charge in [0.1, 0.15) is 0 Å². The van der Waals surface area contributed by atoms with Gasteiger partial charge < -0.3 is 0 Å². The van der Waals surface area contributed by atoms with Gasteiger partial charge in [-0.25, -0.2) is 17.9 Å². The minimum absolute atomic E-state index is 0.320. The molecule has 0 saturated carbocycles. The van der Waals surface area contributed by atoms with Gasteiger partial charge >= 0.3 is 0 Å². The van der Waals surface area contributed by atoms with Crippen molar-refractivity contribution in [2.45, 2.75) is 77.0 Å². The zero-order chi connectivity index (χ0) is 22.7. The number of hydrogen-bond donors (Lipinski definition) is 2. The standard InChI is InChI=1S/C24H36N2O2S2/c1-17-9-13-19(14-10-17)21(25-29(27)23(3,4)5)22(26-30(28)24(6,7)8)20-15-11-18(2)12-16-20/h9-16,21-22,25-26H,1-8H3/t21-,22-,29?,30?/m0/s1. The molecule has 2 unspecified atom stereocenters. The van der Waals surface area contributed by atoms with Crippen molar-refractivity contribution in [3.05, 3.63) is 70.8 Å². The summed E-state index contributed by atoms with van der Waals surface area (Å²) in [7, 11) is -2.59. The van der Waals surface area contributed by atoms with Crippen molar-refractivity contribution >= 4 is 22.0 Å². The predicted molar refractivity (Wildman–Crippen MR) is 130 cm³/mol. The molecule has 4 atom stereocenters. The van der Waals surface area contributed by atoms with Crippen LogP contribution in [-0.2, 0) is 22.0 Å². The topological polar surface area (TPSA) is 58.2 Å². The van der Waals surface area contributed by atoms with Gasteiger partial charge in [-0.15, -0.1) is 0 Å². The maximum absolute atomic E-state index is 13.1. The van der Waals surface area contributed by atoms with Gasteiger partial charge in [0.2, 0.25) is 0 Å². The quantitative estimate of drug-likeness (QED) is 0.612. The lowest BCUT2D eigenvalue weighted by molar-refractivity contribution is 0.485. The zero-order valence-corrected chi connectivity index (χ0v) is 21.0. The summed E-state index contributed by atoms with van der Waals surface area (Å²) in [5, 5.41) is 0. The van der Waals surface area contributed by atoms with E-state index in [1.165, 1.54) is 0 Å². The molecule has 0 bridgehead atoms. The van der Waals surface area contributed by atoms with Crippen LogP contribution in [0, 0.1) is 13.8 Å². The Morgan fingerprint density at radius 3 is 1.10 bits per heavy atom. The Labute approximate surface area is 187 Å². The van der Waals surface area contributed by atoms with Crippen molar-refractivity contribution in [3.8, 4) is 0 Å². The largest absolute Gasteiger partial charge is 0.242 e. The van der Waals surface area contributed by atoms with Crippen molar-refractivity contribution in [1.82, 2.24) is 9.44 Å². The van der Waals surface area contributed by atoms with E-state index in [9.17, 15) is 8.42 Å². The second-order valence-corrected chi connectivity index (χ2v) is 13.8. The first-order valence-electron chi connectivity index (χ1n) is 10.3. The number of benzene rings is 2. The maximum atomic E-state index is 13.1. The highest BCUT2D eigenvalue weighted by molar-refractivity contribution is 7.84. The Kier molecular flexibility index (Phi) is 8.19. The molecule has 2 aromatic rings. The van der Waals surface area contributed by atoms with Crippen molar-refractivity contribution in [3.63, 3.8) is 0 Å². The number of rotatable bonds is 7. The Balaban J connectivity index is 2.57. The number of nitrogens with one attached hydrogen (secondary N) is 2. The van der Waals surface area contributed by atoms with Gasteiger partial charge in [0, 0.05) is 0 Å². The molecule has 2 N–H and O–H groups in total. The van der Waals surface area contributed by atoms with Crippen LogP contribution in [0.15, 0.2) is 48.5 Å². The third-order valence-corrected chi connectivity index (χ3v) is 7.95. The van der Waals surface area contributed by atoms with Crippen LogP contribution in [0.25, 0.3) is 0 Å². The van der Waals surface area contributed by atoms with Gasteiger partial charge in [-0.1, -0.05) is 59.7 Å². The van der Waals surface area contributed by atoms with E-state index in [-0.39, 0.29) is 12.1 Å². The van der Waals surface area contributed by atoms with Crippen molar-refractivity contribution in [2.24, 2.45) is 0 Å². The van der Waals surface area contributed by atoms with Crippen molar-refractivity contribution < 1.29 is 8.42 Å². The van der Waals surface area contributed by atoms with Crippen LogP contribution in [0.2, 0.25) is 0 Å². The van der Waals surface area contributed by atoms with E-state index >= 15 is 0 Å². The van der Waals surface area contributed by atoms with Gasteiger partial charge in [0.05, 0.1) is 43.5 Å². The fourth-order valence-corrected chi connectivity index (χ4v) is 4.50. The summed E-state index contributed by atoms with van der Waals surface area (Å²) in [4.78, 5) is 0. The van der Waals surface area contributed by atoms with E-state index < -0.39 is 31.5 Å². The summed E-state index contributed by atoms with van der Waals surface area (Å²) in [5.41, 5.74) is 4.32. The third kappa shape index (κ3) is 6.84. The molecule has 0 heterocycles.